The second-order valence-electron chi connectivity index (χ2n) is 6.76. The summed E-state index contributed by atoms with van der Waals surface area (Å²) in [5.41, 5.74) is 4.72. The molecule has 5 rings (SSSR count). The van der Waals surface area contributed by atoms with E-state index >= 15 is 0 Å². The van der Waals surface area contributed by atoms with Crippen LogP contribution in [-0.4, -0.2) is 42.6 Å². The fourth-order valence-corrected chi connectivity index (χ4v) is 3.87. The molecule has 3 heterocycles. The van der Waals surface area contributed by atoms with Crippen LogP contribution in [-0.2, 0) is 4.74 Å². The molecule has 2 aromatic heterocycles. The molecular weight excluding hydrogens is 338 g/mol. The van der Waals surface area contributed by atoms with Crippen LogP contribution < -0.4 is 4.90 Å². The van der Waals surface area contributed by atoms with Crippen molar-refractivity contribution < 1.29 is 9.53 Å². The fraction of sp³-hybridized carbons (Fsp3) is 0.182. The van der Waals surface area contributed by atoms with E-state index in [0.717, 1.165) is 65.5 Å². The van der Waals surface area contributed by atoms with Crippen LogP contribution in [0.3, 0.4) is 0 Å². The average molecular weight is 357 g/mol. The number of aromatic nitrogens is 2. The predicted molar refractivity (Wildman–Crippen MR) is 107 cm³/mol. The number of morpholine rings is 1. The van der Waals surface area contributed by atoms with Gasteiger partial charge >= 0.3 is 0 Å². The third-order valence-corrected chi connectivity index (χ3v) is 5.28. The van der Waals surface area contributed by atoms with Gasteiger partial charge in [-0.25, -0.2) is 0 Å². The number of aldehydes is 1. The maximum atomic E-state index is 11.9. The molecule has 0 saturated carbocycles. The highest BCUT2D eigenvalue weighted by Gasteiger charge is 2.16. The van der Waals surface area contributed by atoms with Crippen LogP contribution in [0.2, 0.25) is 0 Å². The predicted octanol–water partition coefficient (Wildman–Crippen LogP) is 4.03. The van der Waals surface area contributed by atoms with Gasteiger partial charge in [0.15, 0.2) is 6.29 Å². The highest BCUT2D eigenvalue weighted by atomic mass is 16.5. The van der Waals surface area contributed by atoms with Gasteiger partial charge in [-0.3, -0.25) is 9.78 Å². The Morgan fingerprint density at radius 1 is 1.00 bits per heavy atom. The highest BCUT2D eigenvalue weighted by molar-refractivity contribution is 6.13. The number of H-pyrrole nitrogens is 1. The van der Waals surface area contributed by atoms with Gasteiger partial charge in [-0.05, 0) is 23.8 Å². The summed E-state index contributed by atoms with van der Waals surface area (Å²) in [6.07, 6.45) is 4.56. The van der Waals surface area contributed by atoms with Gasteiger partial charge < -0.3 is 14.6 Å². The van der Waals surface area contributed by atoms with Crippen molar-refractivity contribution >= 4 is 33.6 Å². The molecule has 0 amide bonds. The minimum atomic E-state index is 0.697. The number of rotatable bonds is 3. The lowest BCUT2D eigenvalue weighted by molar-refractivity contribution is 0.112. The van der Waals surface area contributed by atoms with Crippen LogP contribution in [0.1, 0.15) is 10.4 Å². The molecular formula is C22H19N3O2. The lowest BCUT2D eigenvalue weighted by atomic mass is 10.0. The van der Waals surface area contributed by atoms with Gasteiger partial charge in [0.05, 0.1) is 24.4 Å². The van der Waals surface area contributed by atoms with Crippen LogP contribution in [0.5, 0.6) is 0 Å². The van der Waals surface area contributed by atoms with Crippen molar-refractivity contribution in [2.45, 2.75) is 0 Å². The Hall–Kier alpha value is -3.18. The monoisotopic (exact) mass is 357 g/mol. The Morgan fingerprint density at radius 2 is 1.81 bits per heavy atom. The number of anilines is 1. The Bertz CT molecular complexity index is 1130. The number of carbonyl (C=O) groups excluding carboxylic acids is 1. The van der Waals surface area contributed by atoms with Gasteiger partial charge in [-0.15, -0.1) is 0 Å². The molecule has 0 unspecified atom stereocenters. The van der Waals surface area contributed by atoms with E-state index in [-0.39, 0.29) is 0 Å². The van der Waals surface area contributed by atoms with E-state index < -0.39 is 0 Å². The first-order valence-corrected chi connectivity index (χ1v) is 9.12. The van der Waals surface area contributed by atoms with Crippen molar-refractivity contribution in [3.05, 3.63) is 60.4 Å². The van der Waals surface area contributed by atoms with E-state index in [1.165, 1.54) is 5.69 Å². The van der Waals surface area contributed by atoms with Crippen LogP contribution in [0, 0.1) is 0 Å². The number of hydrogen-bond donors (Lipinski definition) is 1. The molecule has 1 fully saturated rings. The van der Waals surface area contributed by atoms with Gasteiger partial charge in [0, 0.05) is 52.9 Å². The van der Waals surface area contributed by atoms with E-state index in [1.54, 1.807) is 6.20 Å². The van der Waals surface area contributed by atoms with E-state index in [2.05, 4.69) is 39.1 Å². The normalized spacial score (nSPS) is 14.7. The molecule has 1 aliphatic heterocycles. The fourth-order valence-electron chi connectivity index (χ4n) is 3.87. The SMILES string of the molecule is O=Cc1c(-c2ccc(N3CCOCC3)cc2)[nH]c2c1ccc1cnccc12. The highest BCUT2D eigenvalue weighted by Crippen LogP contribution is 2.34. The first kappa shape index (κ1) is 16.0. The molecule has 0 atom stereocenters. The van der Waals surface area contributed by atoms with Crippen LogP contribution in [0.4, 0.5) is 5.69 Å². The zero-order valence-corrected chi connectivity index (χ0v) is 14.8. The Kier molecular flexibility index (Phi) is 3.87. The molecule has 0 bridgehead atoms. The number of carbonyl (C=O) groups is 1. The van der Waals surface area contributed by atoms with Gasteiger partial charge in [0.25, 0.3) is 0 Å². The van der Waals surface area contributed by atoms with Gasteiger partial charge in [0.1, 0.15) is 0 Å². The Morgan fingerprint density at radius 3 is 2.59 bits per heavy atom. The van der Waals surface area contributed by atoms with E-state index in [9.17, 15) is 4.79 Å². The molecule has 0 radical (unpaired) electrons. The van der Waals surface area contributed by atoms with Gasteiger partial charge in [0.2, 0.25) is 0 Å². The largest absolute Gasteiger partial charge is 0.378 e. The number of nitrogens with zero attached hydrogens (tertiary/aromatic N) is 2. The first-order chi connectivity index (χ1) is 13.3. The molecule has 1 N–H and O–H groups in total. The Balaban J connectivity index is 1.61. The second-order valence-corrected chi connectivity index (χ2v) is 6.76. The maximum absolute atomic E-state index is 11.9. The number of benzene rings is 2. The molecule has 5 heteroatoms. The molecule has 5 nitrogen and oxygen atoms in total. The van der Waals surface area contributed by atoms with Crippen molar-refractivity contribution in [2.75, 3.05) is 31.2 Å². The minimum absolute atomic E-state index is 0.697. The molecule has 134 valence electrons. The van der Waals surface area contributed by atoms with E-state index in [4.69, 9.17) is 4.74 Å². The molecule has 1 aliphatic rings. The van der Waals surface area contributed by atoms with Crippen molar-refractivity contribution in [3.8, 4) is 11.3 Å². The van der Waals surface area contributed by atoms with Crippen molar-refractivity contribution in [3.63, 3.8) is 0 Å². The van der Waals surface area contributed by atoms with Crippen LogP contribution >= 0.6 is 0 Å². The minimum Gasteiger partial charge on any atom is -0.378 e. The third kappa shape index (κ3) is 2.67. The van der Waals surface area contributed by atoms with Gasteiger partial charge in [-0.2, -0.15) is 0 Å². The molecule has 4 aromatic rings. The van der Waals surface area contributed by atoms with E-state index in [1.807, 2.05) is 24.4 Å². The molecule has 0 spiro atoms. The summed E-state index contributed by atoms with van der Waals surface area (Å²) < 4.78 is 5.42. The topological polar surface area (TPSA) is 58.2 Å². The summed E-state index contributed by atoms with van der Waals surface area (Å²) >= 11 is 0. The number of fused-ring (bicyclic) bond motifs is 3. The zero-order valence-electron chi connectivity index (χ0n) is 14.8. The number of ether oxygens (including phenoxy) is 1. The average Bonchev–Trinajstić information content (AvgIpc) is 3.13. The molecule has 2 aromatic carbocycles. The van der Waals surface area contributed by atoms with Crippen molar-refractivity contribution in [1.29, 1.82) is 0 Å². The summed E-state index contributed by atoms with van der Waals surface area (Å²) in [4.78, 5) is 21.9. The summed E-state index contributed by atoms with van der Waals surface area (Å²) in [7, 11) is 0. The summed E-state index contributed by atoms with van der Waals surface area (Å²) in [6.45, 7) is 3.35. The number of pyridine rings is 1. The molecule has 27 heavy (non-hydrogen) atoms. The lowest BCUT2D eigenvalue weighted by Gasteiger charge is -2.28. The zero-order chi connectivity index (χ0) is 18.2. The molecule has 0 aliphatic carbocycles. The van der Waals surface area contributed by atoms with Crippen LogP contribution in [0.25, 0.3) is 32.9 Å². The van der Waals surface area contributed by atoms with Crippen molar-refractivity contribution in [2.24, 2.45) is 0 Å². The maximum Gasteiger partial charge on any atom is 0.152 e. The number of aromatic amines is 1. The smallest absolute Gasteiger partial charge is 0.152 e. The Labute approximate surface area is 156 Å². The van der Waals surface area contributed by atoms with Gasteiger partial charge in [-0.1, -0.05) is 24.3 Å². The van der Waals surface area contributed by atoms with Crippen LogP contribution in [0.15, 0.2) is 54.9 Å². The standard InChI is InChI=1S/C22H19N3O2/c26-14-20-19-6-3-16-13-23-8-7-18(16)22(19)24-21(20)15-1-4-17(5-2-15)25-9-11-27-12-10-25/h1-8,13-14,24H,9-12H2. The molecule has 1 saturated heterocycles. The third-order valence-electron chi connectivity index (χ3n) is 5.28. The summed E-state index contributed by atoms with van der Waals surface area (Å²) in [6, 6.07) is 14.4. The number of hydrogen-bond acceptors (Lipinski definition) is 4. The quantitative estimate of drug-likeness (QED) is 0.563. The second kappa shape index (κ2) is 6.52. The lowest BCUT2D eigenvalue weighted by Crippen LogP contribution is -2.36. The number of nitrogens with one attached hydrogen (secondary N) is 1. The summed E-state index contributed by atoms with van der Waals surface area (Å²) in [5.74, 6) is 0. The van der Waals surface area contributed by atoms with Crippen molar-refractivity contribution in [1.82, 2.24) is 9.97 Å². The van der Waals surface area contributed by atoms with E-state index in [0.29, 0.717) is 5.56 Å². The first-order valence-electron chi connectivity index (χ1n) is 9.12. The summed E-state index contributed by atoms with van der Waals surface area (Å²) in [5, 5.41) is 3.07.